The second-order valence-electron chi connectivity index (χ2n) is 21.5. The molecule has 10 nitrogen and oxygen atoms in total. The van der Waals surface area contributed by atoms with E-state index in [-0.39, 0.29) is 42.8 Å². The molecule has 0 fully saturated rings. The van der Waals surface area contributed by atoms with Gasteiger partial charge >= 0.3 is 24.0 Å². The zero-order chi connectivity index (χ0) is 52.3. The number of esters is 3. The first kappa shape index (κ1) is 68.6. The van der Waals surface area contributed by atoms with Crippen molar-refractivity contribution in [1.82, 2.24) is 9.80 Å². The van der Waals surface area contributed by atoms with E-state index < -0.39 is 6.09 Å². The van der Waals surface area contributed by atoms with Crippen LogP contribution in [0.5, 0.6) is 0 Å². The summed E-state index contributed by atoms with van der Waals surface area (Å²) in [5.41, 5.74) is 0. The molecule has 0 saturated heterocycles. The lowest BCUT2D eigenvalue weighted by atomic mass is 10.0. The summed E-state index contributed by atoms with van der Waals surface area (Å²) in [4.78, 5) is 56.1. The van der Waals surface area contributed by atoms with Crippen LogP contribution < -0.4 is 0 Å². The highest BCUT2D eigenvalue weighted by Gasteiger charge is 2.23. The minimum Gasteiger partial charge on any atom is -0.464 e. The van der Waals surface area contributed by atoms with Gasteiger partial charge in [0.15, 0.2) is 0 Å². The summed E-state index contributed by atoms with van der Waals surface area (Å²) >= 11 is 0. The van der Waals surface area contributed by atoms with Crippen molar-refractivity contribution in [3.63, 3.8) is 0 Å². The summed E-state index contributed by atoms with van der Waals surface area (Å²) in [5, 5.41) is 0. The number of unbranched alkanes of at least 4 members (excludes halogenated alkanes) is 27. The van der Waals surface area contributed by atoms with Crippen LogP contribution in [0.2, 0.25) is 0 Å². The van der Waals surface area contributed by atoms with Crippen LogP contribution in [0.1, 0.15) is 311 Å². The zero-order valence-corrected chi connectivity index (χ0v) is 48.1. The molecule has 0 atom stereocenters. The molecule has 10 heteroatoms. The Bertz CT molecular complexity index is 1120. The van der Waals surface area contributed by atoms with Gasteiger partial charge in [-0.1, -0.05) is 195 Å². The second-order valence-corrected chi connectivity index (χ2v) is 21.5. The van der Waals surface area contributed by atoms with Gasteiger partial charge in [0, 0.05) is 19.4 Å². The number of amides is 1. The van der Waals surface area contributed by atoms with Gasteiger partial charge in [0.05, 0.1) is 6.61 Å². The second kappa shape index (κ2) is 52.5. The Balaban J connectivity index is 5.20. The van der Waals surface area contributed by atoms with E-state index in [1.54, 1.807) is 4.90 Å². The van der Waals surface area contributed by atoms with E-state index in [1.165, 1.54) is 96.3 Å². The number of nitrogens with zero attached hydrogens (tertiary/aromatic N) is 2. The number of rotatable bonds is 54. The average Bonchev–Trinajstić information content (AvgIpc) is 3.34. The van der Waals surface area contributed by atoms with E-state index in [2.05, 4.69) is 39.5 Å². The normalized spacial score (nSPS) is 11.6. The predicted octanol–water partition coefficient (Wildman–Crippen LogP) is 17.6. The highest BCUT2D eigenvalue weighted by Crippen LogP contribution is 2.22. The molecule has 0 heterocycles. The van der Waals surface area contributed by atoms with Gasteiger partial charge in [0.1, 0.15) is 24.9 Å². The molecule has 0 saturated carbocycles. The van der Waals surface area contributed by atoms with Crippen molar-refractivity contribution in [2.45, 2.75) is 329 Å². The molecular formula is C61H118N2O8. The van der Waals surface area contributed by atoms with Gasteiger partial charge in [-0.05, 0) is 123 Å². The fraction of sp³-hybridized carbons (Fsp3) is 0.934. The van der Waals surface area contributed by atoms with Crippen LogP contribution in [0.25, 0.3) is 0 Å². The molecule has 1 amide bonds. The Labute approximate surface area is 439 Å². The van der Waals surface area contributed by atoms with Crippen LogP contribution in [0.3, 0.4) is 0 Å². The van der Waals surface area contributed by atoms with Crippen LogP contribution >= 0.6 is 0 Å². The third kappa shape index (κ3) is 47.1. The Hall–Kier alpha value is -2.36. The molecule has 0 unspecified atom stereocenters. The summed E-state index contributed by atoms with van der Waals surface area (Å²) < 4.78 is 23.9. The smallest absolute Gasteiger partial charge is 0.410 e. The van der Waals surface area contributed by atoms with Gasteiger partial charge in [-0.2, -0.15) is 0 Å². The van der Waals surface area contributed by atoms with Gasteiger partial charge in [0.2, 0.25) is 0 Å². The van der Waals surface area contributed by atoms with Crippen molar-refractivity contribution < 1.29 is 38.1 Å². The Morgan fingerprint density at radius 2 is 0.648 bits per heavy atom. The first-order valence-electron chi connectivity index (χ1n) is 30.7. The molecule has 0 aromatic carbocycles. The van der Waals surface area contributed by atoms with Crippen LogP contribution in [-0.4, -0.2) is 92.4 Å². The standard InChI is InChI=1S/C61H118N2O8/c1-8-13-18-23-32-41-53-68-60(66)54-63(52-42-51-62(6)7)61(67)71-57(47-37-28-24-26-30-39-49-58(64)69-55(43-33-19-14-9-2)44-34-20-15-10-3)48-38-29-25-27-31-40-50-59(65)70-56(45-35-21-16-11-4)46-36-22-17-12-5/h55-57H,8-54H2,1-7H3. The van der Waals surface area contributed by atoms with Gasteiger partial charge in [0.25, 0.3) is 0 Å². The quantitative estimate of drug-likeness (QED) is 0.0334. The van der Waals surface area contributed by atoms with Crippen molar-refractivity contribution in [3.05, 3.63) is 0 Å². The lowest BCUT2D eigenvalue weighted by Crippen LogP contribution is -2.40. The minimum atomic E-state index is -0.419. The van der Waals surface area contributed by atoms with Crippen molar-refractivity contribution in [3.8, 4) is 0 Å². The highest BCUT2D eigenvalue weighted by molar-refractivity contribution is 5.78. The number of carbonyl (C=O) groups excluding carboxylic acids is 4. The molecular weight excluding hydrogens is 889 g/mol. The molecule has 0 aromatic rings. The molecule has 0 bridgehead atoms. The molecule has 0 aliphatic heterocycles. The largest absolute Gasteiger partial charge is 0.464 e. The molecule has 0 spiro atoms. The van der Waals surface area contributed by atoms with E-state index in [9.17, 15) is 19.2 Å². The summed E-state index contributed by atoms with van der Waals surface area (Å²) in [6.45, 7) is 12.7. The van der Waals surface area contributed by atoms with E-state index in [1.807, 2.05) is 14.1 Å². The van der Waals surface area contributed by atoms with Crippen molar-refractivity contribution in [2.24, 2.45) is 0 Å². The summed E-state index contributed by atoms with van der Waals surface area (Å²) in [7, 11) is 4.03. The molecule has 0 aliphatic rings. The fourth-order valence-corrected chi connectivity index (χ4v) is 9.47. The summed E-state index contributed by atoms with van der Waals surface area (Å²) in [6.07, 6.45) is 44.9. The molecule has 0 N–H and O–H groups in total. The van der Waals surface area contributed by atoms with Crippen LogP contribution in [0.15, 0.2) is 0 Å². The Morgan fingerprint density at radius 1 is 0.338 bits per heavy atom. The summed E-state index contributed by atoms with van der Waals surface area (Å²) in [6, 6.07) is 0. The third-order valence-corrected chi connectivity index (χ3v) is 14.1. The maximum atomic E-state index is 13.8. The Kier molecular flexibility index (Phi) is 50.8. The van der Waals surface area contributed by atoms with E-state index in [0.29, 0.717) is 26.0 Å². The third-order valence-electron chi connectivity index (χ3n) is 14.1. The van der Waals surface area contributed by atoms with Crippen LogP contribution in [0, 0.1) is 0 Å². The van der Waals surface area contributed by atoms with Crippen molar-refractivity contribution in [1.29, 1.82) is 0 Å². The van der Waals surface area contributed by atoms with Crippen LogP contribution in [-0.2, 0) is 33.3 Å². The van der Waals surface area contributed by atoms with Gasteiger partial charge in [-0.3, -0.25) is 19.3 Å². The first-order valence-corrected chi connectivity index (χ1v) is 30.7. The summed E-state index contributed by atoms with van der Waals surface area (Å²) in [5.74, 6) is -0.428. The monoisotopic (exact) mass is 1010 g/mol. The van der Waals surface area contributed by atoms with E-state index in [0.717, 1.165) is 173 Å². The molecule has 0 aliphatic carbocycles. The number of hydrogen-bond acceptors (Lipinski definition) is 9. The Morgan fingerprint density at radius 3 is 1.01 bits per heavy atom. The first-order chi connectivity index (χ1) is 34.6. The molecule has 420 valence electrons. The van der Waals surface area contributed by atoms with Crippen LogP contribution in [0.4, 0.5) is 4.79 Å². The van der Waals surface area contributed by atoms with Crippen molar-refractivity contribution >= 4 is 24.0 Å². The average molecular weight is 1010 g/mol. The lowest BCUT2D eigenvalue weighted by Gasteiger charge is -2.26. The predicted molar refractivity (Wildman–Crippen MR) is 298 cm³/mol. The number of carbonyl (C=O) groups is 4. The fourth-order valence-electron chi connectivity index (χ4n) is 9.47. The lowest BCUT2D eigenvalue weighted by molar-refractivity contribution is -0.151. The SMILES string of the molecule is CCCCCCCCOC(=O)CN(CCCN(C)C)C(=O)OC(CCCCCCCCC(=O)OC(CCCCCC)CCCCCC)CCCCCCCCC(=O)OC(CCCCCC)CCCCCC. The van der Waals surface area contributed by atoms with Crippen molar-refractivity contribution in [2.75, 3.05) is 40.3 Å². The molecule has 0 rings (SSSR count). The maximum absolute atomic E-state index is 13.8. The van der Waals surface area contributed by atoms with E-state index >= 15 is 0 Å². The van der Waals surface area contributed by atoms with Gasteiger partial charge in [-0.25, -0.2) is 4.79 Å². The topological polar surface area (TPSA) is 112 Å². The number of ether oxygens (including phenoxy) is 4. The zero-order valence-electron chi connectivity index (χ0n) is 48.1. The van der Waals surface area contributed by atoms with Gasteiger partial charge in [-0.15, -0.1) is 0 Å². The molecule has 0 radical (unpaired) electrons. The number of hydrogen-bond donors (Lipinski definition) is 0. The van der Waals surface area contributed by atoms with Gasteiger partial charge < -0.3 is 23.8 Å². The maximum Gasteiger partial charge on any atom is 0.410 e. The molecule has 0 aromatic heterocycles. The van der Waals surface area contributed by atoms with E-state index in [4.69, 9.17) is 18.9 Å². The molecule has 71 heavy (non-hydrogen) atoms. The highest BCUT2D eigenvalue weighted by atomic mass is 16.6. The minimum absolute atomic E-state index is 0.0301.